The van der Waals surface area contributed by atoms with E-state index < -0.39 is 11.6 Å². The Balaban J connectivity index is 1.54. The van der Waals surface area contributed by atoms with Crippen molar-refractivity contribution in [3.63, 3.8) is 0 Å². The Kier molecular flexibility index (Phi) is 6.98. The topological polar surface area (TPSA) is 87.9 Å². The summed E-state index contributed by atoms with van der Waals surface area (Å²) >= 11 is 0. The summed E-state index contributed by atoms with van der Waals surface area (Å²) in [6, 6.07) is 10.2. The molecule has 0 bridgehead atoms. The molecular weight excluding hydrogens is 456 g/mol. The molecule has 36 heavy (non-hydrogen) atoms. The lowest BCUT2D eigenvalue weighted by atomic mass is 10.0. The number of aryl methyl sites for hydroxylation is 1. The quantitative estimate of drug-likeness (QED) is 0.489. The van der Waals surface area contributed by atoms with Crippen molar-refractivity contribution in [3.05, 3.63) is 47.8 Å². The SMILES string of the molecule is CCC(C)n1c(C(=O)O)c(C)c2ccc(-c3ccc(N4CCN(C(=O)OC(C)(C)C)CC4)nc3)cc21. The standard InChI is InChI=1S/C28H36N4O4/c1-7-18(2)32-23-16-20(8-10-22(23)19(3)25(32)26(33)34)21-9-11-24(29-17-21)30-12-14-31(15-13-30)27(35)36-28(4,5)6/h8-11,16-18H,7,12-15H2,1-6H3,(H,33,34). The number of aromatic nitrogens is 2. The first kappa shape index (κ1) is 25.5. The van der Waals surface area contributed by atoms with Crippen LogP contribution in [-0.2, 0) is 4.74 Å². The minimum absolute atomic E-state index is 0.0717. The summed E-state index contributed by atoms with van der Waals surface area (Å²) in [5.41, 5.74) is 3.55. The van der Waals surface area contributed by atoms with Crippen molar-refractivity contribution in [1.29, 1.82) is 0 Å². The van der Waals surface area contributed by atoms with E-state index >= 15 is 0 Å². The smallest absolute Gasteiger partial charge is 0.410 e. The van der Waals surface area contributed by atoms with E-state index in [1.54, 1.807) is 4.90 Å². The predicted molar refractivity (Wildman–Crippen MR) is 142 cm³/mol. The number of fused-ring (bicyclic) bond motifs is 1. The molecule has 0 saturated carbocycles. The highest BCUT2D eigenvalue weighted by Crippen LogP contribution is 2.33. The van der Waals surface area contributed by atoms with Crippen molar-refractivity contribution in [2.45, 2.75) is 59.6 Å². The van der Waals surface area contributed by atoms with Gasteiger partial charge in [-0.2, -0.15) is 0 Å². The van der Waals surface area contributed by atoms with Gasteiger partial charge in [0.25, 0.3) is 0 Å². The van der Waals surface area contributed by atoms with Crippen LogP contribution in [0.25, 0.3) is 22.0 Å². The molecule has 1 N–H and O–H groups in total. The first-order chi connectivity index (χ1) is 17.0. The fraction of sp³-hybridized carbons (Fsp3) is 0.464. The van der Waals surface area contributed by atoms with Crippen LogP contribution in [0.2, 0.25) is 0 Å². The molecule has 8 heteroatoms. The Labute approximate surface area is 212 Å². The molecule has 0 aliphatic carbocycles. The van der Waals surface area contributed by atoms with Gasteiger partial charge in [-0.25, -0.2) is 14.6 Å². The first-order valence-corrected chi connectivity index (χ1v) is 12.6. The number of pyridine rings is 1. The molecule has 1 atom stereocenters. The van der Waals surface area contributed by atoms with Gasteiger partial charge in [-0.15, -0.1) is 0 Å². The summed E-state index contributed by atoms with van der Waals surface area (Å²) in [4.78, 5) is 33.0. The Bertz CT molecular complexity index is 1270. The normalized spacial score (nSPS) is 15.3. The molecule has 1 amide bonds. The Morgan fingerprint density at radius 2 is 1.75 bits per heavy atom. The van der Waals surface area contributed by atoms with Crippen molar-refractivity contribution in [2.24, 2.45) is 0 Å². The molecule has 1 aromatic carbocycles. The Morgan fingerprint density at radius 1 is 1.08 bits per heavy atom. The van der Waals surface area contributed by atoms with Gasteiger partial charge in [0.1, 0.15) is 17.1 Å². The third-order valence-corrected chi connectivity index (χ3v) is 6.83. The molecule has 1 saturated heterocycles. The zero-order valence-corrected chi connectivity index (χ0v) is 22.0. The van der Waals surface area contributed by atoms with Crippen molar-refractivity contribution in [3.8, 4) is 11.1 Å². The van der Waals surface area contributed by atoms with Crippen molar-refractivity contribution < 1.29 is 19.4 Å². The summed E-state index contributed by atoms with van der Waals surface area (Å²) in [6.45, 7) is 14.2. The van der Waals surface area contributed by atoms with E-state index in [1.165, 1.54) is 0 Å². The van der Waals surface area contributed by atoms with E-state index in [9.17, 15) is 14.7 Å². The zero-order valence-electron chi connectivity index (χ0n) is 22.0. The van der Waals surface area contributed by atoms with Crippen LogP contribution in [0, 0.1) is 6.92 Å². The Morgan fingerprint density at radius 3 is 2.31 bits per heavy atom. The molecule has 192 valence electrons. The molecule has 1 aliphatic heterocycles. The molecule has 0 radical (unpaired) electrons. The van der Waals surface area contributed by atoms with Gasteiger partial charge < -0.3 is 24.2 Å². The van der Waals surface area contributed by atoms with Gasteiger partial charge in [0.2, 0.25) is 0 Å². The maximum absolute atomic E-state index is 12.3. The lowest BCUT2D eigenvalue weighted by Gasteiger charge is -2.36. The number of hydrogen-bond donors (Lipinski definition) is 1. The van der Waals surface area contributed by atoms with Gasteiger partial charge in [-0.1, -0.05) is 19.1 Å². The molecule has 1 unspecified atom stereocenters. The lowest BCUT2D eigenvalue weighted by Crippen LogP contribution is -2.50. The highest BCUT2D eigenvalue weighted by atomic mass is 16.6. The summed E-state index contributed by atoms with van der Waals surface area (Å²) < 4.78 is 7.43. The minimum Gasteiger partial charge on any atom is -0.477 e. The monoisotopic (exact) mass is 492 g/mol. The number of aromatic carboxylic acids is 1. The fourth-order valence-electron chi connectivity index (χ4n) is 4.75. The molecule has 1 aliphatic rings. The zero-order chi connectivity index (χ0) is 26.2. The first-order valence-electron chi connectivity index (χ1n) is 12.6. The van der Waals surface area contributed by atoms with Crippen LogP contribution in [-0.4, -0.2) is 63.4 Å². The van der Waals surface area contributed by atoms with Crippen LogP contribution in [0.1, 0.15) is 63.1 Å². The van der Waals surface area contributed by atoms with Crippen molar-refractivity contribution in [2.75, 3.05) is 31.1 Å². The second-order valence-electron chi connectivity index (χ2n) is 10.5. The van der Waals surface area contributed by atoms with Crippen LogP contribution in [0.5, 0.6) is 0 Å². The Hall–Kier alpha value is -3.55. The van der Waals surface area contributed by atoms with Gasteiger partial charge in [0.05, 0.1) is 0 Å². The molecule has 8 nitrogen and oxygen atoms in total. The third-order valence-electron chi connectivity index (χ3n) is 6.83. The van der Waals surface area contributed by atoms with E-state index in [0.29, 0.717) is 31.9 Å². The van der Waals surface area contributed by atoms with Crippen LogP contribution in [0.15, 0.2) is 36.5 Å². The second-order valence-corrected chi connectivity index (χ2v) is 10.5. The minimum atomic E-state index is -0.900. The van der Waals surface area contributed by atoms with E-state index in [2.05, 4.69) is 24.8 Å². The highest BCUT2D eigenvalue weighted by Gasteiger charge is 2.26. The predicted octanol–water partition coefficient (Wildman–Crippen LogP) is 5.74. The summed E-state index contributed by atoms with van der Waals surface area (Å²) in [5.74, 6) is -0.0287. The number of carboxylic acids is 1. The summed E-state index contributed by atoms with van der Waals surface area (Å²) in [6.07, 6.45) is 2.42. The van der Waals surface area contributed by atoms with Crippen LogP contribution in [0.4, 0.5) is 10.6 Å². The molecule has 2 aromatic heterocycles. The average molecular weight is 493 g/mol. The molecule has 3 aromatic rings. The number of ether oxygens (including phenoxy) is 1. The van der Waals surface area contributed by atoms with Crippen LogP contribution in [0.3, 0.4) is 0 Å². The van der Waals surface area contributed by atoms with E-state index in [4.69, 9.17) is 9.72 Å². The number of piperazine rings is 1. The number of amides is 1. The van der Waals surface area contributed by atoms with Crippen LogP contribution >= 0.6 is 0 Å². The molecule has 0 spiro atoms. The molecular formula is C28H36N4O4. The van der Waals surface area contributed by atoms with Gasteiger partial charge >= 0.3 is 12.1 Å². The van der Waals surface area contributed by atoms with E-state index in [-0.39, 0.29) is 12.1 Å². The number of carbonyl (C=O) groups is 2. The van der Waals surface area contributed by atoms with Gasteiger partial charge in [0, 0.05) is 54.9 Å². The van der Waals surface area contributed by atoms with Gasteiger partial charge in [-0.3, -0.25) is 0 Å². The maximum Gasteiger partial charge on any atom is 0.410 e. The van der Waals surface area contributed by atoms with Gasteiger partial charge in [-0.05, 0) is 70.4 Å². The van der Waals surface area contributed by atoms with E-state index in [1.807, 2.05) is 62.7 Å². The molecule has 3 heterocycles. The second kappa shape index (κ2) is 9.84. The molecule has 4 rings (SSSR count). The summed E-state index contributed by atoms with van der Waals surface area (Å²) in [5, 5.41) is 10.8. The van der Waals surface area contributed by atoms with Gasteiger partial charge in [0.15, 0.2) is 0 Å². The highest BCUT2D eigenvalue weighted by molar-refractivity contribution is 5.99. The molecule has 1 fully saturated rings. The maximum atomic E-state index is 12.3. The number of anilines is 1. The van der Waals surface area contributed by atoms with Crippen molar-refractivity contribution in [1.82, 2.24) is 14.5 Å². The summed E-state index contributed by atoms with van der Waals surface area (Å²) in [7, 11) is 0. The average Bonchev–Trinajstić information content (AvgIpc) is 3.14. The number of benzene rings is 1. The largest absolute Gasteiger partial charge is 0.477 e. The fourth-order valence-corrected chi connectivity index (χ4v) is 4.75. The van der Waals surface area contributed by atoms with Crippen molar-refractivity contribution >= 4 is 28.8 Å². The number of hydrogen-bond acceptors (Lipinski definition) is 5. The number of nitrogens with zero attached hydrogens (tertiary/aromatic N) is 4. The van der Waals surface area contributed by atoms with Crippen LogP contribution < -0.4 is 4.90 Å². The third kappa shape index (κ3) is 5.03. The van der Waals surface area contributed by atoms with E-state index in [0.717, 1.165) is 39.8 Å². The number of rotatable bonds is 5. The number of carboxylic acid groups (broad SMARTS) is 1. The lowest BCUT2D eigenvalue weighted by molar-refractivity contribution is 0.0240. The number of carbonyl (C=O) groups excluding carboxylic acids is 1.